The van der Waals surface area contributed by atoms with Crippen molar-refractivity contribution < 1.29 is 14.0 Å². The van der Waals surface area contributed by atoms with Crippen LogP contribution in [0.5, 0.6) is 0 Å². The summed E-state index contributed by atoms with van der Waals surface area (Å²) in [5, 5.41) is 6.50. The maximum atomic E-state index is 12.5. The Morgan fingerprint density at radius 1 is 0.964 bits per heavy atom. The van der Waals surface area contributed by atoms with Crippen LogP contribution in [0.4, 0.5) is 5.69 Å². The lowest BCUT2D eigenvalue weighted by Crippen LogP contribution is -2.24. The molecule has 0 fully saturated rings. The first-order valence-corrected chi connectivity index (χ1v) is 9.42. The molecule has 0 atom stereocenters. The maximum Gasteiger partial charge on any atom is 0.253 e. The molecule has 0 aliphatic heterocycles. The second-order valence-corrected chi connectivity index (χ2v) is 6.92. The molecule has 1 aromatic heterocycles. The van der Waals surface area contributed by atoms with E-state index in [0.29, 0.717) is 33.5 Å². The lowest BCUT2D eigenvalue weighted by Gasteiger charge is -2.11. The number of aryl methyl sites for hydroxylation is 1. The number of benzene rings is 2. The number of carbonyl (C=O) groups excluding carboxylic acids is 2. The van der Waals surface area contributed by atoms with Crippen LogP contribution in [0, 0.1) is 0 Å². The summed E-state index contributed by atoms with van der Waals surface area (Å²) in [5.74, 6) is 0.158. The highest BCUT2D eigenvalue weighted by Gasteiger charge is 2.13. The SMILES string of the molecule is O=C(CCc1ccc(Cl)c(Cl)c1)Nc1ccccc1C(=O)NCc1ccco1. The van der Waals surface area contributed by atoms with Gasteiger partial charge in [-0.05, 0) is 48.4 Å². The van der Waals surface area contributed by atoms with E-state index in [1.807, 2.05) is 6.07 Å². The quantitative estimate of drug-likeness (QED) is 0.563. The molecule has 0 saturated heterocycles. The monoisotopic (exact) mass is 416 g/mol. The normalized spacial score (nSPS) is 10.5. The molecule has 7 heteroatoms. The smallest absolute Gasteiger partial charge is 0.253 e. The molecular weight excluding hydrogens is 399 g/mol. The number of hydrogen-bond acceptors (Lipinski definition) is 3. The van der Waals surface area contributed by atoms with Crippen molar-refractivity contribution in [2.45, 2.75) is 19.4 Å². The van der Waals surface area contributed by atoms with E-state index < -0.39 is 0 Å². The molecule has 1 heterocycles. The number of nitrogens with one attached hydrogen (secondary N) is 2. The fourth-order valence-electron chi connectivity index (χ4n) is 2.63. The first-order valence-electron chi connectivity index (χ1n) is 8.66. The van der Waals surface area contributed by atoms with Crippen molar-refractivity contribution in [3.63, 3.8) is 0 Å². The van der Waals surface area contributed by atoms with Crippen molar-refractivity contribution in [3.05, 3.63) is 87.8 Å². The van der Waals surface area contributed by atoms with E-state index in [4.69, 9.17) is 27.6 Å². The molecule has 28 heavy (non-hydrogen) atoms. The molecule has 0 radical (unpaired) electrons. The Kier molecular flexibility index (Phi) is 6.74. The maximum absolute atomic E-state index is 12.5. The number of hydrogen-bond donors (Lipinski definition) is 2. The number of para-hydroxylation sites is 1. The van der Waals surface area contributed by atoms with Crippen molar-refractivity contribution in [1.29, 1.82) is 0 Å². The van der Waals surface area contributed by atoms with Gasteiger partial charge in [-0.15, -0.1) is 0 Å². The average Bonchev–Trinajstić information content (AvgIpc) is 3.21. The molecule has 0 saturated carbocycles. The Bertz CT molecular complexity index is 972. The van der Waals surface area contributed by atoms with Gasteiger partial charge < -0.3 is 15.1 Å². The minimum Gasteiger partial charge on any atom is -0.467 e. The van der Waals surface area contributed by atoms with Gasteiger partial charge in [-0.25, -0.2) is 0 Å². The third-order valence-corrected chi connectivity index (χ3v) is 4.81. The van der Waals surface area contributed by atoms with Crippen LogP contribution in [0.15, 0.2) is 65.3 Å². The van der Waals surface area contributed by atoms with E-state index in [9.17, 15) is 9.59 Å². The van der Waals surface area contributed by atoms with Crippen LogP contribution >= 0.6 is 23.2 Å². The molecule has 0 spiro atoms. The number of carbonyl (C=O) groups is 2. The number of halogens is 2. The molecule has 2 aromatic carbocycles. The minimum atomic E-state index is -0.295. The highest BCUT2D eigenvalue weighted by Crippen LogP contribution is 2.23. The molecule has 144 valence electrons. The average molecular weight is 417 g/mol. The second kappa shape index (κ2) is 9.44. The zero-order chi connectivity index (χ0) is 19.9. The van der Waals surface area contributed by atoms with E-state index in [-0.39, 0.29) is 24.8 Å². The van der Waals surface area contributed by atoms with Crippen molar-refractivity contribution in [3.8, 4) is 0 Å². The van der Waals surface area contributed by atoms with Crippen molar-refractivity contribution in [1.82, 2.24) is 5.32 Å². The van der Waals surface area contributed by atoms with Gasteiger partial charge in [0, 0.05) is 6.42 Å². The van der Waals surface area contributed by atoms with Gasteiger partial charge in [0.2, 0.25) is 5.91 Å². The van der Waals surface area contributed by atoms with Crippen LogP contribution in [-0.2, 0) is 17.8 Å². The van der Waals surface area contributed by atoms with Crippen LogP contribution in [0.25, 0.3) is 0 Å². The van der Waals surface area contributed by atoms with E-state index in [1.165, 1.54) is 0 Å². The van der Waals surface area contributed by atoms with Gasteiger partial charge in [0.25, 0.3) is 5.91 Å². The van der Waals surface area contributed by atoms with E-state index in [2.05, 4.69) is 10.6 Å². The Balaban J connectivity index is 1.59. The van der Waals surface area contributed by atoms with Gasteiger partial charge in [-0.1, -0.05) is 41.4 Å². The summed E-state index contributed by atoms with van der Waals surface area (Å²) in [6.07, 6.45) is 2.30. The van der Waals surface area contributed by atoms with Gasteiger partial charge >= 0.3 is 0 Å². The van der Waals surface area contributed by atoms with Crippen LogP contribution in [-0.4, -0.2) is 11.8 Å². The Hall–Kier alpha value is -2.76. The predicted octanol–water partition coefficient (Wildman–Crippen LogP) is 5.09. The van der Waals surface area contributed by atoms with E-state index >= 15 is 0 Å². The second-order valence-electron chi connectivity index (χ2n) is 6.10. The summed E-state index contributed by atoms with van der Waals surface area (Å²) >= 11 is 11.9. The highest BCUT2D eigenvalue weighted by molar-refractivity contribution is 6.42. The first-order chi connectivity index (χ1) is 13.5. The number of anilines is 1. The van der Waals surface area contributed by atoms with E-state index in [1.54, 1.807) is 54.8 Å². The standard InChI is InChI=1S/C21H18Cl2N2O3/c22-17-9-7-14(12-18(17)23)8-10-20(26)25-19-6-2-1-5-16(19)21(27)24-13-15-4-3-11-28-15/h1-7,9,11-12H,8,10,13H2,(H,24,27)(H,25,26). The molecule has 0 aliphatic rings. The van der Waals surface area contributed by atoms with Gasteiger partial charge in [-0.2, -0.15) is 0 Å². The highest BCUT2D eigenvalue weighted by atomic mass is 35.5. The third kappa shape index (κ3) is 5.38. The number of rotatable bonds is 7. The first kappa shape index (κ1) is 20.0. The summed E-state index contributed by atoms with van der Waals surface area (Å²) in [4.78, 5) is 24.8. The zero-order valence-corrected chi connectivity index (χ0v) is 16.4. The molecule has 3 rings (SSSR count). The van der Waals surface area contributed by atoms with Crippen LogP contribution in [0.3, 0.4) is 0 Å². The minimum absolute atomic E-state index is 0.197. The van der Waals surface area contributed by atoms with Gasteiger partial charge in [0.15, 0.2) is 0 Å². The van der Waals surface area contributed by atoms with Crippen molar-refractivity contribution in [2.24, 2.45) is 0 Å². The molecule has 2 N–H and O–H groups in total. The van der Waals surface area contributed by atoms with Gasteiger partial charge in [0.05, 0.1) is 34.1 Å². The molecule has 5 nitrogen and oxygen atoms in total. The molecular formula is C21H18Cl2N2O3. The van der Waals surface area contributed by atoms with Crippen LogP contribution < -0.4 is 10.6 Å². The third-order valence-electron chi connectivity index (χ3n) is 4.07. The fourth-order valence-corrected chi connectivity index (χ4v) is 2.95. The Morgan fingerprint density at radius 2 is 1.79 bits per heavy atom. The molecule has 3 aromatic rings. The number of furan rings is 1. The van der Waals surface area contributed by atoms with Crippen LogP contribution in [0.2, 0.25) is 10.0 Å². The summed E-state index contributed by atoms with van der Waals surface area (Å²) in [7, 11) is 0. The Labute approximate surface area is 172 Å². The molecule has 0 bridgehead atoms. The Morgan fingerprint density at radius 3 is 2.54 bits per heavy atom. The summed E-state index contributed by atoms with van der Waals surface area (Å²) in [5.41, 5.74) is 1.75. The van der Waals surface area contributed by atoms with Crippen LogP contribution in [0.1, 0.15) is 28.1 Å². The number of amides is 2. The topological polar surface area (TPSA) is 71.3 Å². The summed E-state index contributed by atoms with van der Waals surface area (Å²) < 4.78 is 5.20. The molecule has 2 amide bonds. The lowest BCUT2D eigenvalue weighted by molar-refractivity contribution is -0.116. The zero-order valence-electron chi connectivity index (χ0n) is 14.9. The molecule has 0 aliphatic carbocycles. The van der Waals surface area contributed by atoms with Gasteiger partial charge in [0.1, 0.15) is 5.76 Å². The summed E-state index contributed by atoms with van der Waals surface area (Å²) in [6, 6.07) is 15.7. The van der Waals surface area contributed by atoms with Crippen molar-refractivity contribution in [2.75, 3.05) is 5.32 Å². The lowest BCUT2D eigenvalue weighted by atomic mass is 10.1. The van der Waals surface area contributed by atoms with Gasteiger partial charge in [-0.3, -0.25) is 9.59 Å². The predicted molar refractivity (Wildman–Crippen MR) is 110 cm³/mol. The summed E-state index contributed by atoms with van der Waals surface area (Å²) in [6.45, 7) is 0.269. The fraction of sp³-hybridized carbons (Fsp3) is 0.143. The van der Waals surface area contributed by atoms with Crippen molar-refractivity contribution >= 4 is 40.7 Å². The molecule has 0 unspecified atom stereocenters. The van der Waals surface area contributed by atoms with E-state index in [0.717, 1.165) is 5.56 Å². The largest absolute Gasteiger partial charge is 0.467 e.